The first-order valence-corrected chi connectivity index (χ1v) is 23.6. The highest BCUT2D eigenvalue weighted by Gasteiger charge is 2.25. The molecule has 13 rings (SSSR count). The van der Waals surface area contributed by atoms with Crippen molar-refractivity contribution in [3.05, 3.63) is 248 Å². The van der Waals surface area contributed by atoms with Gasteiger partial charge in [-0.15, -0.1) is 0 Å². The maximum absolute atomic E-state index is 11.2. The quantitative estimate of drug-likeness (QED) is 0.152. The lowest BCUT2D eigenvalue weighted by Gasteiger charge is -2.17. The van der Waals surface area contributed by atoms with Gasteiger partial charge in [0.2, 0.25) is 0 Å². The fraction of sp³-hybridized carbons (Fsp3) is 0. The van der Waals surface area contributed by atoms with Gasteiger partial charge >= 0.3 is 0 Å². The number of fused-ring (bicyclic) bond motifs is 4. The highest BCUT2D eigenvalue weighted by Crippen LogP contribution is 2.51. The van der Waals surface area contributed by atoms with Crippen LogP contribution in [0.2, 0.25) is 0 Å². The van der Waals surface area contributed by atoms with Gasteiger partial charge in [-0.25, -0.2) is 15.0 Å². The highest BCUT2D eigenvalue weighted by molar-refractivity contribution is 6.18. The second-order valence-corrected chi connectivity index (χ2v) is 17.8. The predicted molar refractivity (Wildman–Crippen MR) is 287 cm³/mol. The van der Waals surface area contributed by atoms with Gasteiger partial charge < -0.3 is 0 Å². The van der Waals surface area contributed by atoms with Gasteiger partial charge in [-0.2, -0.15) is 5.26 Å². The van der Waals surface area contributed by atoms with E-state index in [0.717, 1.165) is 66.8 Å². The van der Waals surface area contributed by atoms with Crippen molar-refractivity contribution in [2.45, 2.75) is 0 Å². The van der Waals surface area contributed by atoms with Crippen molar-refractivity contribution in [2.75, 3.05) is 0 Å². The molecule has 0 atom stereocenters. The SMILES string of the molecule is N#Cc1c(-c2ccccc2-c2ccc(-c3cccc4c3-c3cccc5cccc-4c35)cc2)cccc1-c1ccccc1-c1nc(-c2ccccc2)nc(-c2ccc(-c3ccc4ccccc4c3)cc2)n1. The van der Waals surface area contributed by atoms with Crippen molar-refractivity contribution < 1.29 is 0 Å². The first-order chi connectivity index (χ1) is 34.7. The second-order valence-electron chi connectivity index (χ2n) is 17.8. The van der Waals surface area contributed by atoms with E-state index >= 15 is 0 Å². The van der Waals surface area contributed by atoms with Crippen molar-refractivity contribution >= 4 is 21.5 Å². The van der Waals surface area contributed by atoms with Crippen LogP contribution in [-0.2, 0) is 0 Å². The van der Waals surface area contributed by atoms with E-state index in [-0.39, 0.29) is 0 Å². The summed E-state index contributed by atoms with van der Waals surface area (Å²) in [6.45, 7) is 0. The van der Waals surface area contributed by atoms with Crippen LogP contribution < -0.4 is 0 Å². The molecule has 1 aromatic heterocycles. The first kappa shape index (κ1) is 40.7. The van der Waals surface area contributed by atoms with Gasteiger partial charge in [-0.05, 0) is 94.4 Å². The lowest BCUT2D eigenvalue weighted by molar-refractivity contribution is 1.07. The van der Waals surface area contributed by atoms with Gasteiger partial charge in [0.1, 0.15) is 6.07 Å². The third-order valence-corrected chi connectivity index (χ3v) is 13.8. The molecule has 4 heteroatoms. The van der Waals surface area contributed by atoms with Crippen molar-refractivity contribution in [2.24, 2.45) is 0 Å². The Kier molecular flexibility index (Phi) is 9.85. The minimum atomic E-state index is 0.525. The Morgan fingerprint density at radius 2 is 0.700 bits per heavy atom. The van der Waals surface area contributed by atoms with Crippen LogP contribution in [-0.4, -0.2) is 15.0 Å². The average Bonchev–Trinajstić information content (AvgIpc) is 3.77. The molecule has 0 radical (unpaired) electrons. The normalized spacial score (nSPS) is 11.4. The van der Waals surface area contributed by atoms with Crippen molar-refractivity contribution in [1.82, 2.24) is 15.0 Å². The molecule has 1 aliphatic rings. The summed E-state index contributed by atoms with van der Waals surface area (Å²) in [5, 5.41) is 16.2. The summed E-state index contributed by atoms with van der Waals surface area (Å²) in [6, 6.07) is 87.4. The largest absolute Gasteiger partial charge is 0.208 e. The summed E-state index contributed by atoms with van der Waals surface area (Å²) in [7, 11) is 0. The van der Waals surface area contributed by atoms with E-state index < -0.39 is 0 Å². The molecule has 0 unspecified atom stereocenters. The fourth-order valence-electron chi connectivity index (χ4n) is 10.4. The molecule has 11 aromatic carbocycles. The monoisotopic (exact) mass is 888 g/mol. The van der Waals surface area contributed by atoms with Crippen LogP contribution in [0.4, 0.5) is 0 Å². The zero-order valence-electron chi connectivity index (χ0n) is 37.9. The molecule has 1 heterocycles. The molecule has 0 saturated carbocycles. The van der Waals surface area contributed by atoms with Gasteiger partial charge in [0.25, 0.3) is 0 Å². The highest BCUT2D eigenvalue weighted by atomic mass is 15.0. The van der Waals surface area contributed by atoms with E-state index in [1.165, 1.54) is 49.4 Å². The number of rotatable bonds is 8. The summed E-state index contributed by atoms with van der Waals surface area (Å²) in [6.07, 6.45) is 0. The van der Waals surface area contributed by atoms with Gasteiger partial charge in [-0.1, -0.05) is 237 Å². The van der Waals surface area contributed by atoms with Gasteiger partial charge in [0.15, 0.2) is 17.5 Å². The Morgan fingerprint density at radius 1 is 0.257 bits per heavy atom. The standard InChI is InChI=1S/C66H40N4/c67-41-61-55(53-21-7-6-20-51(53)44-33-35-45(36-34-44)52-24-12-28-58-57-27-10-18-46-19-11-29-60(62(46)57)63(52)58)25-13-26-56(61)54-22-8-9-23-59(54)66-69-64(47-15-2-1-3-16-47)68-65(70-66)48-37-30-43(31-38-48)50-39-32-42-14-4-5-17-49(42)40-50/h1-40H. The number of aromatic nitrogens is 3. The molecule has 0 bridgehead atoms. The molecule has 0 amide bonds. The maximum atomic E-state index is 11.2. The van der Waals surface area contributed by atoms with E-state index in [4.69, 9.17) is 15.0 Å². The van der Waals surface area contributed by atoms with E-state index in [0.29, 0.717) is 23.0 Å². The Hall–Kier alpha value is -9.56. The number of benzene rings is 11. The molecule has 0 spiro atoms. The Balaban J connectivity index is 0.876. The van der Waals surface area contributed by atoms with E-state index in [2.05, 4.69) is 182 Å². The van der Waals surface area contributed by atoms with Gasteiger partial charge in [-0.3, -0.25) is 0 Å². The minimum absolute atomic E-state index is 0.525. The molecule has 0 fully saturated rings. The Morgan fingerprint density at radius 3 is 1.40 bits per heavy atom. The zero-order chi connectivity index (χ0) is 46.5. The van der Waals surface area contributed by atoms with Crippen LogP contribution in [0.15, 0.2) is 243 Å². The molecule has 12 aromatic rings. The number of hydrogen-bond acceptors (Lipinski definition) is 4. The lowest BCUT2D eigenvalue weighted by Crippen LogP contribution is -2.01. The molecule has 324 valence electrons. The number of nitriles is 1. The smallest absolute Gasteiger partial charge is 0.164 e. The summed E-state index contributed by atoms with van der Waals surface area (Å²) < 4.78 is 0. The second kappa shape index (κ2) is 16.9. The van der Waals surface area contributed by atoms with Crippen LogP contribution in [0.3, 0.4) is 0 Å². The maximum Gasteiger partial charge on any atom is 0.164 e. The molecule has 4 nitrogen and oxygen atoms in total. The van der Waals surface area contributed by atoms with Crippen LogP contribution >= 0.6 is 0 Å². The zero-order valence-corrected chi connectivity index (χ0v) is 37.9. The molecule has 0 N–H and O–H groups in total. The molecule has 70 heavy (non-hydrogen) atoms. The van der Waals surface area contributed by atoms with Gasteiger partial charge in [0, 0.05) is 27.8 Å². The molecular weight excluding hydrogens is 849 g/mol. The van der Waals surface area contributed by atoms with Crippen molar-refractivity contribution in [1.29, 1.82) is 5.26 Å². The van der Waals surface area contributed by atoms with E-state index in [1.807, 2.05) is 66.7 Å². The molecule has 0 aliphatic heterocycles. The number of nitrogens with zero attached hydrogens (tertiary/aromatic N) is 4. The molecular formula is C66H40N4. The van der Waals surface area contributed by atoms with E-state index in [9.17, 15) is 5.26 Å². The van der Waals surface area contributed by atoms with Crippen molar-refractivity contribution in [3.63, 3.8) is 0 Å². The minimum Gasteiger partial charge on any atom is -0.208 e. The Bertz CT molecular complexity index is 4050. The summed E-state index contributed by atoms with van der Waals surface area (Å²) >= 11 is 0. The third kappa shape index (κ3) is 6.96. The fourth-order valence-corrected chi connectivity index (χ4v) is 10.4. The van der Waals surface area contributed by atoms with Crippen molar-refractivity contribution in [3.8, 4) is 118 Å². The van der Waals surface area contributed by atoms with Gasteiger partial charge in [0.05, 0.1) is 5.56 Å². The predicted octanol–water partition coefficient (Wildman–Crippen LogP) is 17.0. The lowest BCUT2D eigenvalue weighted by atomic mass is 9.87. The first-order valence-electron chi connectivity index (χ1n) is 23.6. The Labute approximate surface area is 406 Å². The third-order valence-electron chi connectivity index (χ3n) is 13.8. The van der Waals surface area contributed by atoms with Crippen LogP contribution in [0.1, 0.15) is 5.56 Å². The summed E-state index contributed by atoms with van der Waals surface area (Å²) in [5.74, 6) is 1.66. The topological polar surface area (TPSA) is 62.5 Å². The average molecular weight is 889 g/mol. The van der Waals surface area contributed by atoms with Crippen LogP contribution in [0.5, 0.6) is 0 Å². The van der Waals surface area contributed by atoms with E-state index in [1.54, 1.807) is 0 Å². The van der Waals surface area contributed by atoms with Crippen LogP contribution in [0, 0.1) is 11.3 Å². The number of hydrogen-bond donors (Lipinski definition) is 0. The summed E-state index contributed by atoms with van der Waals surface area (Å²) in [5.41, 5.74) is 18.6. The summed E-state index contributed by atoms with van der Waals surface area (Å²) in [4.78, 5) is 15.4. The molecule has 0 saturated heterocycles. The van der Waals surface area contributed by atoms with Crippen LogP contribution in [0.25, 0.3) is 134 Å². The molecule has 1 aliphatic carbocycles.